The molecular weight excluding hydrogens is 342 g/mol. The van der Waals surface area contributed by atoms with Crippen molar-refractivity contribution in [3.8, 4) is 0 Å². The van der Waals surface area contributed by atoms with Gasteiger partial charge in [0.2, 0.25) is 0 Å². The van der Waals surface area contributed by atoms with Gasteiger partial charge in [-0.2, -0.15) is 0 Å². The molecule has 0 aliphatic rings. The standard InChI is InChI=1S/C14H31BrN.BrH/c1-5-6-7-8-9-10-11-12-13-16(3,4)14(2)15;/h14H,5-13H2,1-4H3;1H/q+1;/p-1. The van der Waals surface area contributed by atoms with E-state index in [1.54, 1.807) is 0 Å². The van der Waals surface area contributed by atoms with Crippen molar-refractivity contribution in [3.05, 3.63) is 0 Å². The first-order valence-corrected chi connectivity index (χ1v) is 7.89. The topological polar surface area (TPSA) is 0 Å². The molecule has 0 aromatic heterocycles. The highest BCUT2D eigenvalue weighted by Crippen LogP contribution is 2.15. The first-order valence-electron chi connectivity index (χ1n) is 6.97. The summed E-state index contributed by atoms with van der Waals surface area (Å²) in [7, 11) is 4.61. The Labute approximate surface area is 128 Å². The molecule has 3 heteroatoms. The van der Waals surface area contributed by atoms with Crippen LogP contribution < -0.4 is 17.0 Å². The Kier molecular flexibility index (Phi) is 14.3. The Morgan fingerprint density at radius 1 is 0.882 bits per heavy atom. The summed E-state index contributed by atoms with van der Waals surface area (Å²) in [6.45, 7) is 5.81. The SMILES string of the molecule is CCCCCCCCCC[N+](C)(C)C(C)Br.[Br-]. The summed E-state index contributed by atoms with van der Waals surface area (Å²) in [6, 6.07) is 0. The summed E-state index contributed by atoms with van der Waals surface area (Å²) in [5.74, 6) is 0. The second-order valence-corrected chi connectivity index (χ2v) is 6.88. The molecule has 0 amide bonds. The highest BCUT2D eigenvalue weighted by Gasteiger charge is 2.19. The van der Waals surface area contributed by atoms with Crippen LogP contribution in [0.1, 0.15) is 65.2 Å². The number of hydrogen-bond donors (Lipinski definition) is 0. The molecule has 1 unspecified atom stereocenters. The third-order valence-corrected chi connectivity index (χ3v) is 4.66. The molecule has 0 spiro atoms. The van der Waals surface area contributed by atoms with Crippen LogP contribution in [0.2, 0.25) is 0 Å². The predicted octanol–water partition coefficient (Wildman–Crippen LogP) is 1.95. The van der Waals surface area contributed by atoms with Gasteiger partial charge >= 0.3 is 0 Å². The minimum Gasteiger partial charge on any atom is -1.00 e. The third-order valence-electron chi connectivity index (χ3n) is 3.55. The van der Waals surface area contributed by atoms with Crippen LogP contribution in [0.4, 0.5) is 0 Å². The lowest BCUT2D eigenvalue weighted by Gasteiger charge is -2.32. The smallest absolute Gasteiger partial charge is 0.141 e. The van der Waals surface area contributed by atoms with E-state index in [2.05, 4.69) is 43.9 Å². The number of unbranched alkanes of at least 4 members (excludes halogenated alkanes) is 7. The van der Waals surface area contributed by atoms with Crippen LogP contribution in [-0.2, 0) is 0 Å². The first-order chi connectivity index (χ1) is 7.50. The fraction of sp³-hybridized carbons (Fsp3) is 1.00. The zero-order valence-corrected chi connectivity index (χ0v) is 15.3. The van der Waals surface area contributed by atoms with Crippen molar-refractivity contribution in [2.75, 3.05) is 20.6 Å². The van der Waals surface area contributed by atoms with Crippen LogP contribution in [0.3, 0.4) is 0 Å². The van der Waals surface area contributed by atoms with Gasteiger partial charge in [-0.05, 0) is 35.7 Å². The lowest BCUT2D eigenvalue weighted by atomic mass is 10.1. The molecule has 106 valence electrons. The van der Waals surface area contributed by atoms with Gasteiger partial charge in [0.15, 0.2) is 0 Å². The number of rotatable bonds is 10. The highest BCUT2D eigenvalue weighted by atomic mass is 79.9. The van der Waals surface area contributed by atoms with E-state index in [0.29, 0.717) is 4.95 Å². The number of alkyl halides is 1. The molecule has 0 saturated heterocycles. The number of halogens is 2. The molecule has 17 heavy (non-hydrogen) atoms. The van der Waals surface area contributed by atoms with Crippen molar-refractivity contribution < 1.29 is 21.5 Å². The largest absolute Gasteiger partial charge is 1.00 e. The van der Waals surface area contributed by atoms with Gasteiger partial charge in [0.25, 0.3) is 0 Å². The normalized spacial score (nSPS) is 13.2. The predicted molar refractivity (Wildman–Crippen MR) is 78.0 cm³/mol. The molecule has 0 aromatic carbocycles. The quantitative estimate of drug-likeness (QED) is 0.238. The Morgan fingerprint density at radius 3 is 1.71 bits per heavy atom. The van der Waals surface area contributed by atoms with Crippen LogP contribution in [-0.4, -0.2) is 30.1 Å². The average molecular weight is 373 g/mol. The lowest BCUT2D eigenvalue weighted by Crippen LogP contribution is -3.00. The summed E-state index contributed by atoms with van der Waals surface area (Å²) in [4.78, 5) is 0.567. The zero-order chi connectivity index (χ0) is 12.4. The van der Waals surface area contributed by atoms with Crippen LogP contribution in [0.15, 0.2) is 0 Å². The van der Waals surface area contributed by atoms with Crippen molar-refractivity contribution >= 4 is 15.9 Å². The maximum absolute atomic E-state index is 3.68. The minimum atomic E-state index is 0. The molecule has 0 heterocycles. The number of nitrogens with zero attached hydrogens (tertiary/aromatic N) is 1. The Balaban J connectivity index is 0. The Hall–Kier alpha value is 0.920. The van der Waals surface area contributed by atoms with E-state index < -0.39 is 0 Å². The fourth-order valence-corrected chi connectivity index (χ4v) is 2.04. The monoisotopic (exact) mass is 371 g/mol. The molecule has 0 fully saturated rings. The zero-order valence-electron chi connectivity index (χ0n) is 12.1. The van der Waals surface area contributed by atoms with Gasteiger partial charge in [-0.1, -0.05) is 45.4 Å². The van der Waals surface area contributed by atoms with Crippen molar-refractivity contribution in [1.82, 2.24) is 0 Å². The summed E-state index contributed by atoms with van der Waals surface area (Å²) in [6.07, 6.45) is 11.3. The van der Waals surface area contributed by atoms with Crippen LogP contribution in [0, 0.1) is 0 Å². The van der Waals surface area contributed by atoms with Gasteiger partial charge in [0.05, 0.1) is 20.6 Å². The summed E-state index contributed by atoms with van der Waals surface area (Å²) >= 11 is 3.68. The van der Waals surface area contributed by atoms with E-state index in [1.165, 1.54) is 57.9 Å². The maximum atomic E-state index is 3.68. The van der Waals surface area contributed by atoms with E-state index in [-0.39, 0.29) is 17.0 Å². The van der Waals surface area contributed by atoms with Gasteiger partial charge in [-0.25, -0.2) is 0 Å². The average Bonchev–Trinajstić information content (AvgIpc) is 2.21. The molecule has 0 aromatic rings. The molecular formula is C14H31Br2N. The molecule has 0 saturated carbocycles. The molecule has 1 atom stereocenters. The molecule has 0 N–H and O–H groups in total. The van der Waals surface area contributed by atoms with Crippen molar-refractivity contribution in [3.63, 3.8) is 0 Å². The van der Waals surface area contributed by atoms with Gasteiger partial charge in [-0.3, -0.25) is 0 Å². The summed E-state index contributed by atoms with van der Waals surface area (Å²) in [5.41, 5.74) is 0. The van der Waals surface area contributed by atoms with Gasteiger partial charge in [-0.15, -0.1) is 0 Å². The minimum absolute atomic E-state index is 0. The maximum Gasteiger partial charge on any atom is 0.141 e. The lowest BCUT2D eigenvalue weighted by molar-refractivity contribution is -0.897. The van der Waals surface area contributed by atoms with Crippen molar-refractivity contribution in [2.45, 2.75) is 70.2 Å². The fourth-order valence-electron chi connectivity index (χ4n) is 1.83. The summed E-state index contributed by atoms with van der Waals surface area (Å²) in [5, 5.41) is 0. The molecule has 0 radical (unpaired) electrons. The first kappa shape index (κ1) is 20.2. The molecule has 0 bridgehead atoms. The molecule has 1 nitrogen and oxygen atoms in total. The second kappa shape index (κ2) is 12.0. The van der Waals surface area contributed by atoms with E-state index in [0.717, 1.165) is 4.48 Å². The van der Waals surface area contributed by atoms with Crippen molar-refractivity contribution in [2.24, 2.45) is 0 Å². The van der Waals surface area contributed by atoms with E-state index in [4.69, 9.17) is 0 Å². The Morgan fingerprint density at radius 2 is 1.29 bits per heavy atom. The van der Waals surface area contributed by atoms with Crippen LogP contribution in [0.5, 0.6) is 0 Å². The van der Waals surface area contributed by atoms with Crippen LogP contribution in [0.25, 0.3) is 0 Å². The van der Waals surface area contributed by atoms with Gasteiger partial charge < -0.3 is 21.5 Å². The van der Waals surface area contributed by atoms with Gasteiger partial charge in [0.1, 0.15) is 4.95 Å². The molecule has 0 rings (SSSR count). The van der Waals surface area contributed by atoms with E-state index in [1.807, 2.05) is 0 Å². The van der Waals surface area contributed by atoms with E-state index >= 15 is 0 Å². The number of hydrogen-bond acceptors (Lipinski definition) is 0. The molecule has 0 aliphatic carbocycles. The van der Waals surface area contributed by atoms with E-state index in [9.17, 15) is 0 Å². The van der Waals surface area contributed by atoms with Crippen molar-refractivity contribution in [1.29, 1.82) is 0 Å². The number of quaternary nitrogens is 1. The van der Waals surface area contributed by atoms with Gasteiger partial charge in [0, 0.05) is 0 Å². The Bertz CT molecular complexity index is 158. The highest BCUT2D eigenvalue weighted by molar-refractivity contribution is 9.09. The third kappa shape index (κ3) is 11.7. The van der Waals surface area contributed by atoms with Crippen LogP contribution >= 0.6 is 15.9 Å². The summed E-state index contributed by atoms with van der Waals surface area (Å²) < 4.78 is 1.09. The molecule has 0 aliphatic heterocycles. The second-order valence-electron chi connectivity index (χ2n) is 5.55.